The molecule has 5 heteroatoms. The molecule has 11 heavy (non-hydrogen) atoms. The summed E-state index contributed by atoms with van der Waals surface area (Å²) in [4.78, 5) is 16.0. The van der Waals surface area contributed by atoms with Crippen molar-refractivity contribution in [3.8, 4) is 0 Å². The van der Waals surface area contributed by atoms with E-state index in [1.54, 1.807) is 17.2 Å². The monoisotopic (exact) mass is 215 g/mol. The van der Waals surface area contributed by atoms with E-state index in [1.165, 1.54) is 10.8 Å². The molecule has 0 spiro atoms. The number of rotatable bonds is 1. The minimum atomic E-state index is -0.388. The first kappa shape index (κ1) is 8.00. The molecular formula is C6H6BrN3O. The molecule has 1 rings (SSSR count). The number of hydrogen-bond acceptors (Lipinski definition) is 3. The quantitative estimate of drug-likeness (QED) is 0.749. The predicted octanol–water partition coefficient (Wildman–Crippen LogP) is 0.649. The Balaban J connectivity index is 3.20. The van der Waals surface area contributed by atoms with Crippen molar-refractivity contribution in [2.75, 3.05) is 5.73 Å². The van der Waals surface area contributed by atoms with E-state index in [0.717, 1.165) is 0 Å². The summed E-state index contributed by atoms with van der Waals surface area (Å²) < 4.78 is 1.31. The second-order valence-electron chi connectivity index (χ2n) is 1.82. The fraction of sp³-hybridized carbons (Fsp3) is 0. The maximum Gasteiger partial charge on any atom is 0.353 e. The van der Waals surface area contributed by atoms with Crippen LogP contribution in [0.5, 0.6) is 0 Å². The van der Waals surface area contributed by atoms with Crippen molar-refractivity contribution >= 4 is 27.9 Å². The van der Waals surface area contributed by atoms with Gasteiger partial charge in [0.2, 0.25) is 0 Å². The molecule has 4 nitrogen and oxygen atoms in total. The normalized spacial score (nSPS) is 10.6. The van der Waals surface area contributed by atoms with Gasteiger partial charge in [-0.15, -0.1) is 0 Å². The Morgan fingerprint density at radius 2 is 2.45 bits per heavy atom. The Bertz CT molecular complexity index is 331. The van der Waals surface area contributed by atoms with Crippen LogP contribution >= 0.6 is 15.9 Å². The summed E-state index contributed by atoms with van der Waals surface area (Å²) in [6.45, 7) is 0. The highest BCUT2D eigenvalue weighted by Crippen LogP contribution is 1.91. The average molecular weight is 216 g/mol. The number of anilines is 1. The van der Waals surface area contributed by atoms with Crippen molar-refractivity contribution in [3.63, 3.8) is 0 Å². The summed E-state index contributed by atoms with van der Waals surface area (Å²) in [5, 5.41) is 0. The van der Waals surface area contributed by atoms with Gasteiger partial charge in [0, 0.05) is 12.4 Å². The van der Waals surface area contributed by atoms with E-state index in [0.29, 0.717) is 0 Å². The maximum atomic E-state index is 10.9. The lowest BCUT2D eigenvalue weighted by Gasteiger charge is -1.95. The van der Waals surface area contributed by atoms with E-state index in [4.69, 9.17) is 5.73 Å². The van der Waals surface area contributed by atoms with Crippen molar-refractivity contribution < 1.29 is 0 Å². The first-order chi connectivity index (χ1) is 5.24. The van der Waals surface area contributed by atoms with Gasteiger partial charge < -0.3 is 5.73 Å². The molecule has 0 saturated heterocycles. The van der Waals surface area contributed by atoms with E-state index in [9.17, 15) is 4.79 Å². The number of hydrogen-bond donors (Lipinski definition) is 1. The van der Waals surface area contributed by atoms with Crippen molar-refractivity contribution in [1.29, 1.82) is 0 Å². The molecule has 0 atom stereocenters. The van der Waals surface area contributed by atoms with E-state index in [2.05, 4.69) is 20.9 Å². The van der Waals surface area contributed by atoms with Crippen molar-refractivity contribution in [1.82, 2.24) is 9.55 Å². The highest BCUT2D eigenvalue weighted by Gasteiger charge is 1.91. The third-order valence-corrected chi connectivity index (χ3v) is 1.30. The zero-order valence-electron chi connectivity index (χ0n) is 5.57. The maximum absolute atomic E-state index is 10.9. The Morgan fingerprint density at radius 1 is 1.73 bits per heavy atom. The predicted molar refractivity (Wildman–Crippen MR) is 47.2 cm³/mol. The lowest BCUT2D eigenvalue weighted by Crippen LogP contribution is -2.18. The van der Waals surface area contributed by atoms with Gasteiger partial charge >= 0.3 is 5.69 Å². The van der Waals surface area contributed by atoms with Gasteiger partial charge in [-0.25, -0.2) is 4.79 Å². The van der Waals surface area contributed by atoms with Crippen LogP contribution in [0.15, 0.2) is 22.0 Å². The number of nitrogens with zero attached hydrogens (tertiary/aromatic N) is 2. The van der Waals surface area contributed by atoms with Crippen molar-refractivity contribution in [2.24, 2.45) is 0 Å². The fourth-order valence-electron chi connectivity index (χ4n) is 0.600. The molecule has 0 amide bonds. The molecule has 1 aromatic rings. The summed E-state index contributed by atoms with van der Waals surface area (Å²) in [7, 11) is 0. The number of nitrogens with two attached hydrogens (primary N) is 1. The van der Waals surface area contributed by atoms with Gasteiger partial charge in [-0.05, 0) is 11.1 Å². The molecule has 58 valence electrons. The smallest absolute Gasteiger partial charge is 0.353 e. The second-order valence-corrected chi connectivity index (χ2v) is 2.35. The molecule has 0 unspecified atom stereocenters. The van der Waals surface area contributed by atoms with E-state index >= 15 is 0 Å². The third kappa shape index (κ3) is 1.91. The van der Waals surface area contributed by atoms with Crippen LogP contribution in [0.1, 0.15) is 0 Å². The van der Waals surface area contributed by atoms with Gasteiger partial charge in [0.25, 0.3) is 0 Å². The molecule has 0 saturated carbocycles. The SMILES string of the molecule is Nc1ccn(C=CBr)c(=O)n1. The molecule has 1 aromatic heterocycles. The number of halogens is 1. The molecule has 2 N–H and O–H groups in total. The van der Waals surface area contributed by atoms with Gasteiger partial charge in [0.15, 0.2) is 0 Å². The Morgan fingerprint density at radius 3 is 3.00 bits per heavy atom. The van der Waals surface area contributed by atoms with Gasteiger partial charge in [0.05, 0.1) is 0 Å². The molecular weight excluding hydrogens is 210 g/mol. The molecule has 0 fully saturated rings. The largest absolute Gasteiger partial charge is 0.383 e. The topological polar surface area (TPSA) is 60.9 Å². The molecule has 0 aliphatic carbocycles. The molecule has 0 aromatic carbocycles. The first-order valence-corrected chi connectivity index (χ1v) is 3.77. The van der Waals surface area contributed by atoms with Crippen LogP contribution in [0.25, 0.3) is 6.20 Å². The highest BCUT2D eigenvalue weighted by molar-refractivity contribution is 9.11. The van der Waals surface area contributed by atoms with Crippen LogP contribution in [0.3, 0.4) is 0 Å². The summed E-state index contributed by atoms with van der Waals surface area (Å²) in [6.07, 6.45) is 3.08. The summed E-state index contributed by atoms with van der Waals surface area (Å²) in [5.41, 5.74) is 4.88. The van der Waals surface area contributed by atoms with Gasteiger partial charge in [-0.3, -0.25) is 4.57 Å². The Hall–Kier alpha value is -1.10. The summed E-state index contributed by atoms with van der Waals surface area (Å²) in [6, 6.07) is 1.55. The molecule has 0 bridgehead atoms. The zero-order chi connectivity index (χ0) is 8.27. The summed E-state index contributed by atoms with van der Waals surface area (Å²) in [5.74, 6) is 0.231. The van der Waals surface area contributed by atoms with Gasteiger partial charge in [-0.2, -0.15) is 4.98 Å². The van der Waals surface area contributed by atoms with Crippen LogP contribution in [-0.2, 0) is 0 Å². The molecule has 0 aliphatic rings. The van der Waals surface area contributed by atoms with Crippen LogP contribution < -0.4 is 11.4 Å². The molecule has 0 radical (unpaired) electrons. The minimum absolute atomic E-state index is 0.231. The van der Waals surface area contributed by atoms with Gasteiger partial charge in [0.1, 0.15) is 5.82 Å². The van der Waals surface area contributed by atoms with Crippen LogP contribution in [0, 0.1) is 0 Å². The van der Waals surface area contributed by atoms with Crippen molar-refractivity contribution in [2.45, 2.75) is 0 Å². The van der Waals surface area contributed by atoms with Gasteiger partial charge in [-0.1, -0.05) is 15.9 Å². The second kappa shape index (κ2) is 3.34. The first-order valence-electron chi connectivity index (χ1n) is 2.85. The standard InChI is InChI=1S/C6H6BrN3O/c7-2-4-10-3-1-5(8)9-6(10)11/h1-4H,(H2,8,9,11). The molecule has 1 heterocycles. The highest BCUT2D eigenvalue weighted by atomic mass is 79.9. The van der Waals surface area contributed by atoms with Crippen LogP contribution in [0.4, 0.5) is 5.82 Å². The number of nitrogen functional groups attached to an aromatic ring is 1. The summed E-state index contributed by atoms with van der Waals surface area (Å²) >= 11 is 3.04. The van der Waals surface area contributed by atoms with E-state index in [1.807, 2.05) is 0 Å². The van der Waals surface area contributed by atoms with E-state index in [-0.39, 0.29) is 11.5 Å². The zero-order valence-corrected chi connectivity index (χ0v) is 7.15. The molecule has 0 aliphatic heterocycles. The Kier molecular flexibility index (Phi) is 2.43. The minimum Gasteiger partial charge on any atom is -0.383 e. The lowest BCUT2D eigenvalue weighted by atomic mass is 10.6. The van der Waals surface area contributed by atoms with Crippen LogP contribution in [-0.4, -0.2) is 9.55 Å². The van der Waals surface area contributed by atoms with E-state index < -0.39 is 0 Å². The average Bonchev–Trinajstić information content (AvgIpc) is 1.95. The Labute approximate surface area is 71.5 Å². The third-order valence-electron chi connectivity index (χ3n) is 1.07. The number of aromatic nitrogens is 2. The lowest BCUT2D eigenvalue weighted by molar-refractivity contribution is 0.969. The fourth-order valence-corrected chi connectivity index (χ4v) is 0.855. The van der Waals surface area contributed by atoms with Crippen LogP contribution in [0.2, 0.25) is 0 Å². The van der Waals surface area contributed by atoms with Crippen molar-refractivity contribution in [3.05, 3.63) is 27.7 Å².